The van der Waals surface area contributed by atoms with E-state index in [4.69, 9.17) is 23.8 Å². The molecule has 0 amide bonds. The molecule has 6 heteroatoms. The van der Waals surface area contributed by atoms with Gasteiger partial charge in [-0.3, -0.25) is 4.98 Å². The first-order valence-electron chi connectivity index (χ1n) is 17.9. The minimum absolute atomic E-state index is 0.557. The van der Waals surface area contributed by atoms with Crippen molar-refractivity contribution < 1.29 is 8.83 Å². The highest BCUT2D eigenvalue weighted by Gasteiger charge is 2.20. The summed E-state index contributed by atoms with van der Waals surface area (Å²) in [4.78, 5) is 20.0. The van der Waals surface area contributed by atoms with Crippen LogP contribution in [-0.4, -0.2) is 19.9 Å². The third-order valence-electron chi connectivity index (χ3n) is 10.2. The number of aromatic nitrogens is 4. The summed E-state index contributed by atoms with van der Waals surface area (Å²) in [5, 5.41) is 5.30. The van der Waals surface area contributed by atoms with Crippen LogP contribution in [0.25, 0.3) is 111 Å². The van der Waals surface area contributed by atoms with E-state index in [0.29, 0.717) is 17.5 Å². The number of furan rings is 2. The van der Waals surface area contributed by atoms with Crippen LogP contribution in [0.2, 0.25) is 0 Å². The summed E-state index contributed by atoms with van der Waals surface area (Å²) < 4.78 is 12.4. The monoisotopic (exact) mass is 692 g/mol. The second-order valence-corrected chi connectivity index (χ2v) is 13.4. The van der Waals surface area contributed by atoms with Crippen molar-refractivity contribution in [3.63, 3.8) is 0 Å². The maximum atomic E-state index is 6.18. The smallest absolute Gasteiger partial charge is 0.164 e. The summed E-state index contributed by atoms with van der Waals surface area (Å²) in [6.07, 6.45) is 1.78. The molecule has 0 radical (unpaired) electrons. The zero-order valence-corrected chi connectivity index (χ0v) is 28.8. The van der Waals surface area contributed by atoms with Gasteiger partial charge in [0, 0.05) is 33.7 Å². The molecule has 11 rings (SSSR count). The van der Waals surface area contributed by atoms with Gasteiger partial charge in [-0.1, -0.05) is 127 Å². The van der Waals surface area contributed by atoms with E-state index in [2.05, 4.69) is 89.9 Å². The van der Waals surface area contributed by atoms with Gasteiger partial charge >= 0.3 is 0 Å². The SMILES string of the molecule is c1ccc(-c2nc(-c3ccc(-c4ccc(-c5cccc6oc7ccccc7c56)cc4)c4ccccc34)nc(-c3cccc4oc5cccnc5c34)n2)cc1. The Morgan fingerprint density at radius 3 is 1.67 bits per heavy atom. The quantitative estimate of drug-likeness (QED) is 0.179. The Bertz CT molecular complexity index is 3220. The Balaban J connectivity index is 1.06. The molecule has 0 aliphatic rings. The van der Waals surface area contributed by atoms with Crippen LogP contribution in [0.15, 0.2) is 179 Å². The molecular formula is C48H28N4O2. The molecule has 0 unspecified atom stereocenters. The molecule has 0 saturated carbocycles. The lowest BCUT2D eigenvalue weighted by Crippen LogP contribution is -2.01. The van der Waals surface area contributed by atoms with Gasteiger partial charge in [-0.25, -0.2) is 15.0 Å². The van der Waals surface area contributed by atoms with Crippen LogP contribution in [0.1, 0.15) is 0 Å². The van der Waals surface area contributed by atoms with Crippen molar-refractivity contribution in [2.45, 2.75) is 0 Å². The van der Waals surface area contributed by atoms with Gasteiger partial charge in [-0.15, -0.1) is 0 Å². The first-order valence-corrected chi connectivity index (χ1v) is 17.9. The third kappa shape index (κ3) is 4.81. The number of benzene rings is 7. The van der Waals surface area contributed by atoms with E-state index in [-0.39, 0.29) is 0 Å². The van der Waals surface area contributed by atoms with E-state index >= 15 is 0 Å². The number of fused-ring (bicyclic) bond motifs is 7. The van der Waals surface area contributed by atoms with Crippen LogP contribution in [-0.2, 0) is 0 Å². The minimum atomic E-state index is 0.557. The summed E-state index contributed by atoms with van der Waals surface area (Å²) in [5.74, 6) is 1.75. The average molecular weight is 693 g/mol. The van der Waals surface area contributed by atoms with Crippen molar-refractivity contribution in [1.29, 1.82) is 0 Å². The molecule has 54 heavy (non-hydrogen) atoms. The number of hydrogen-bond acceptors (Lipinski definition) is 6. The van der Waals surface area contributed by atoms with Gasteiger partial charge in [0.15, 0.2) is 23.1 Å². The maximum Gasteiger partial charge on any atom is 0.164 e. The number of rotatable bonds is 5. The lowest BCUT2D eigenvalue weighted by Gasteiger charge is -2.14. The molecule has 0 N–H and O–H groups in total. The predicted octanol–water partition coefficient (Wildman–Crippen LogP) is 12.6. The number of hydrogen-bond donors (Lipinski definition) is 0. The third-order valence-corrected chi connectivity index (χ3v) is 10.2. The lowest BCUT2D eigenvalue weighted by atomic mass is 9.93. The molecule has 4 aromatic heterocycles. The zero-order chi connectivity index (χ0) is 35.6. The van der Waals surface area contributed by atoms with E-state index in [1.807, 2.05) is 78.9 Å². The van der Waals surface area contributed by atoms with E-state index < -0.39 is 0 Å². The zero-order valence-electron chi connectivity index (χ0n) is 28.8. The number of nitrogens with zero attached hydrogens (tertiary/aromatic N) is 4. The van der Waals surface area contributed by atoms with Gasteiger partial charge in [0.25, 0.3) is 0 Å². The van der Waals surface area contributed by atoms with Crippen LogP contribution in [0, 0.1) is 0 Å². The van der Waals surface area contributed by atoms with Gasteiger partial charge in [-0.2, -0.15) is 0 Å². The highest BCUT2D eigenvalue weighted by molar-refractivity contribution is 6.13. The predicted molar refractivity (Wildman–Crippen MR) is 217 cm³/mol. The molecule has 0 aliphatic carbocycles. The molecule has 0 saturated heterocycles. The average Bonchev–Trinajstić information content (AvgIpc) is 3.82. The van der Waals surface area contributed by atoms with E-state index in [0.717, 1.165) is 93.7 Å². The topological polar surface area (TPSA) is 77.8 Å². The first-order chi connectivity index (χ1) is 26.8. The van der Waals surface area contributed by atoms with Crippen molar-refractivity contribution in [3.05, 3.63) is 170 Å². The molecule has 0 fully saturated rings. The molecule has 11 aromatic rings. The van der Waals surface area contributed by atoms with Crippen molar-refractivity contribution in [2.24, 2.45) is 0 Å². The van der Waals surface area contributed by atoms with Crippen molar-refractivity contribution in [1.82, 2.24) is 19.9 Å². The Morgan fingerprint density at radius 2 is 0.870 bits per heavy atom. The van der Waals surface area contributed by atoms with Crippen LogP contribution in [0.4, 0.5) is 0 Å². The molecule has 4 heterocycles. The molecular weight excluding hydrogens is 665 g/mol. The first kappa shape index (κ1) is 30.2. The Labute approximate surface area is 309 Å². The Hall–Kier alpha value is -7.44. The summed E-state index contributed by atoms with van der Waals surface area (Å²) in [5.41, 5.74) is 11.2. The largest absolute Gasteiger partial charge is 0.456 e. The molecule has 6 nitrogen and oxygen atoms in total. The van der Waals surface area contributed by atoms with E-state index in [1.54, 1.807) is 6.20 Å². The highest BCUT2D eigenvalue weighted by Crippen LogP contribution is 2.40. The van der Waals surface area contributed by atoms with Crippen molar-refractivity contribution >= 4 is 54.8 Å². The minimum Gasteiger partial charge on any atom is -0.456 e. The molecule has 0 atom stereocenters. The van der Waals surface area contributed by atoms with Gasteiger partial charge in [0.1, 0.15) is 22.3 Å². The van der Waals surface area contributed by atoms with Crippen molar-refractivity contribution in [2.75, 3.05) is 0 Å². The van der Waals surface area contributed by atoms with Crippen LogP contribution in [0.3, 0.4) is 0 Å². The molecule has 252 valence electrons. The standard InChI is InChI=1S/C48H28N4O2/c1-2-11-31(12-3-1)46-50-47(52-48(51-46)38-17-9-20-41-44(38)45-42(54-41)21-10-28-49-45)36-27-26-32(34-13-4-5-14-35(34)36)29-22-24-30(25-23-29)33-16-8-19-40-43(33)37-15-6-7-18-39(37)53-40/h1-28H. The Kier molecular flexibility index (Phi) is 6.75. The summed E-state index contributed by atoms with van der Waals surface area (Å²) in [6.45, 7) is 0. The maximum absolute atomic E-state index is 6.18. The fraction of sp³-hybridized carbons (Fsp3) is 0. The van der Waals surface area contributed by atoms with Gasteiger partial charge in [0.2, 0.25) is 0 Å². The van der Waals surface area contributed by atoms with Gasteiger partial charge in [0.05, 0.1) is 5.39 Å². The van der Waals surface area contributed by atoms with Crippen LogP contribution < -0.4 is 0 Å². The van der Waals surface area contributed by atoms with Crippen LogP contribution in [0.5, 0.6) is 0 Å². The molecule has 7 aromatic carbocycles. The molecule has 0 spiro atoms. The fourth-order valence-corrected chi connectivity index (χ4v) is 7.75. The van der Waals surface area contributed by atoms with Crippen LogP contribution >= 0.6 is 0 Å². The summed E-state index contributed by atoms with van der Waals surface area (Å²) in [6, 6.07) is 55.9. The Morgan fingerprint density at radius 1 is 0.315 bits per heavy atom. The second-order valence-electron chi connectivity index (χ2n) is 13.4. The summed E-state index contributed by atoms with van der Waals surface area (Å²) >= 11 is 0. The van der Waals surface area contributed by atoms with E-state index in [9.17, 15) is 0 Å². The second kappa shape index (κ2) is 12.1. The summed E-state index contributed by atoms with van der Waals surface area (Å²) in [7, 11) is 0. The molecule has 0 bridgehead atoms. The van der Waals surface area contributed by atoms with Crippen molar-refractivity contribution in [3.8, 4) is 56.4 Å². The fourth-order valence-electron chi connectivity index (χ4n) is 7.75. The number of para-hydroxylation sites is 1. The van der Waals surface area contributed by atoms with Gasteiger partial charge < -0.3 is 8.83 Å². The number of pyridine rings is 1. The molecule has 0 aliphatic heterocycles. The van der Waals surface area contributed by atoms with E-state index in [1.165, 1.54) is 0 Å². The lowest BCUT2D eigenvalue weighted by molar-refractivity contribution is 0.668. The highest BCUT2D eigenvalue weighted by atomic mass is 16.3. The normalized spacial score (nSPS) is 11.7. The van der Waals surface area contributed by atoms with Gasteiger partial charge in [-0.05, 0) is 69.4 Å².